The molecule has 0 bridgehead atoms. The lowest BCUT2D eigenvalue weighted by Crippen LogP contribution is -2.39. The lowest BCUT2D eigenvalue weighted by molar-refractivity contribution is -0.150. The monoisotopic (exact) mass is 320 g/mol. The van der Waals surface area contributed by atoms with Gasteiger partial charge in [-0.15, -0.1) is 0 Å². The van der Waals surface area contributed by atoms with Crippen LogP contribution in [0.5, 0.6) is 0 Å². The highest BCUT2D eigenvalue weighted by molar-refractivity contribution is 5.76. The van der Waals surface area contributed by atoms with Crippen molar-refractivity contribution in [3.8, 4) is 6.07 Å². The smallest absolute Gasteiger partial charge is 0.323 e. The van der Waals surface area contributed by atoms with Gasteiger partial charge in [0.15, 0.2) is 0 Å². The number of carbonyl (C=O) groups is 1. The number of nitrogens with zero attached hydrogens (tertiary/aromatic N) is 2. The Kier molecular flexibility index (Phi) is 5.25. The van der Waals surface area contributed by atoms with Gasteiger partial charge in [0.25, 0.3) is 0 Å². The Balaban J connectivity index is 1.68. The summed E-state index contributed by atoms with van der Waals surface area (Å²) in [5, 5.41) is 9.60. The molecule has 4 nitrogen and oxygen atoms in total. The van der Waals surface area contributed by atoms with E-state index in [1.807, 2.05) is 65.6 Å². The summed E-state index contributed by atoms with van der Waals surface area (Å²) in [6, 6.07) is 20.8. The molecule has 0 unspecified atom stereocenters. The van der Waals surface area contributed by atoms with Crippen molar-refractivity contribution in [3.05, 3.63) is 71.8 Å². The van der Waals surface area contributed by atoms with Crippen LogP contribution in [0.3, 0.4) is 0 Å². The van der Waals surface area contributed by atoms with E-state index < -0.39 is 6.04 Å². The number of carbonyl (C=O) groups excluding carboxylic acids is 1. The largest absolute Gasteiger partial charge is 0.460 e. The zero-order valence-electron chi connectivity index (χ0n) is 13.5. The van der Waals surface area contributed by atoms with Crippen molar-refractivity contribution in [1.82, 2.24) is 4.90 Å². The molecular formula is C20H20N2O2. The minimum Gasteiger partial charge on any atom is -0.460 e. The molecule has 0 aromatic heterocycles. The summed E-state index contributed by atoms with van der Waals surface area (Å²) in [6.45, 7) is 1.00. The van der Waals surface area contributed by atoms with Crippen LogP contribution in [0, 0.1) is 11.3 Å². The maximum absolute atomic E-state index is 12.5. The molecule has 0 radical (unpaired) electrons. The first-order chi connectivity index (χ1) is 11.8. The van der Waals surface area contributed by atoms with E-state index in [1.54, 1.807) is 0 Å². The van der Waals surface area contributed by atoms with Crippen molar-refractivity contribution >= 4 is 5.97 Å². The minimum atomic E-state index is -0.414. The molecule has 0 saturated carbocycles. The van der Waals surface area contributed by atoms with Crippen LogP contribution in [-0.4, -0.2) is 23.5 Å². The highest BCUT2D eigenvalue weighted by atomic mass is 16.5. The number of ether oxygens (including phenoxy) is 1. The number of benzene rings is 2. The zero-order valence-corrected chi connectivity index (χ0v) is 13.5. The molecule has 0 amide bonds. The third kappa shape index (κ3) is 3.64. The molecule has 122 valence electrons. The van der Waals surface area contributed by atoms with Gasteiger partial charge in [0, 0.05) is 6.54 Å². The summed E-state index contributed by atoms with van der Waals surface area (Å²) in [5.41, 5.74) is 1.89. The predicted octanol–water partition coefficient (Wildman–Crippen LogP) is 3.46. The zero-order chi connectivity index (χ0) is 16.8. The van der Waals surface area contributed by atoms with E-state index in [0.29, 0.717) is 0 Å². The fourth-order valence-corrected chi connectivity index (χ4v) is 3.15. The lowest BCUT2D eigenvalue weighted by Gasteiger charge is -2.27. The van der Waals surface area contributed by atoms with E-state index in [4.69, 9.17) is 4.74 Å². The normalized spacial score (nSPS) is 18.7. The number of esters is 1. The molecule has 0 spiro atoms. The highest BCUT2D eigenvalue weighted by Gasteiger charge is 2.37. The number of hydrogen-bond donors (Lipinski definition) is 0. The summed E-state index contributed by atoms with van der Waals surface area (Å²) in [5.74, 6) is -0.243. The van der Waals surface area contributed by atoms with E-state index in [2.05, 4.69) is 6.07 Å². The van der Waals surface area contributed by atoms with Gasteiger partial charge in [-0.05, 0) is 24.0 Å². The summed E-state index contributed by atoms with van der Waals surface area (Å²) < 4.78 is 5.48. The van der Waals surface area contributed by atoms with Gasteiger partial charge >= 0.3 is 5.97 Å². The molecule has 1 fully saturated rings. The van der Waals surface area contributed by atoms with Crippen molar-refractivity contribution in [2.75, 3.05) is 6.54 Å². The Labute approximate surface area is 142 Å². The average molecular weight is 320 g/mol. The van der Waals surface area contributed by atoms with Crippen LogP contribution in [0.2, 0.25) is 0 Å². The third-order valence-electron chi connectivity index (χ3n) is 4.36. The molecule has 1 heterocycles. The van der Waals surface area contributed by atoms with Gasteiger partial charge in [-0.2, -0.15) is 5.26 Å². The van der Waals surface area contributed by atoms with Crippen LogP contribution in [0.1, 0.15) is 30.0 Å². The summed E-state index contributed by atoms with van der Waals surface area (Å²) in [7, 11) is 0. The van der Waals surface area contributed by atoms with Crippen LogP contribution in [0.4, 0.5) is 0 Å². The van der Waals surface area contributed by atoms with Crippen molar-refractivity contribution in [1.29, 1.82) is 5.26 Å². The van der Waals surface area contributed by atoms with Crippen LogP contribution >= 0.6 is 0 Å². The standard InChI is InChI=1S/C20H20N2O2/c21-14-19(17-10-5-2-6-11-17)22-13-7-12-18(22)20(23)24-15-16-8-3-1-4-9-16/h1-6,8-11,18-19H,7,12-13,15H2/t18-,19-/m0/s1. The first kappa shape index (κ1) is 16.2. The van der Waals surface area contributed by atoms with Crippen LogP contribution in [0.15, 0.2) is 60.7 Å². The quantitative estimate of drug-likeness (QED) is 0.792. The van der Waals surface area contributed by atoms with E-state index in [-0.39, 0.29) is 18.6 Å². The molecule has 4 heteroatoms. The molecule has 2 atom stereocenters. The fourth-order valence-electron chi connectivity index (χ4n) is 3.15. The minimum absolute atomic E-state index is 0.243. The number of likely N-dealkylation sites (tertiary alicyclic amines) is 1. The average Bonchev–Trinajstić information content (AvgIpc) is 3.12. The molecule has 2 aromatic rings. The maximum atomic E-state index is 12.5. The van der Waals surface area contributed by atoms with Gasteiger partial charge in [0.2, 0.25) is 0 Å². The summed E-state index contributed by atoms with van der Waals surface area (Å²) >= 11 is 0. The molecule has 1 aliphatic heterocycles. The van der Waals surface area contributed by atoms with Crippen molar-refractivity contribution in [2.45, 2.75) is 31.5 Å². The third-order valence-corrected chi connectivity index (χ3v) is 4.36. The molecule has 24 heavy (non-hydrogen) atoms. The van der Waals surface area contributed by atoms with Crippen molar-refractivity contribution in [3.63, 3.8) is 0 Å². The van der Waals surface area contributed by atoms with E-state index in [0.717, 1.165) is 30.5 Å². The molecule has 0 aliphatic carbocycles. The van der Waals surface area contributed by atoms with E-state index >= 15 is 0 Å². The molecule has 1 aliphatic rings. The van der Waals surface area contributed by atoms with Gasteiger partial charge in [0.05, 0.1) is 6.07 Å². The second-order valence-corrected chi connectivity index (χ2v) is 5.93. The first-order valence-corrected chi connectivity index (χ1v) is 8.20. The van der Waals surface area contributed by atoms with Gasteiger partial charge in [0.1, 0.15) is 18.7 Å². The van der Waals surface area contributed by atoms with Crippen LogP contribution < -0.4 is 0 Å². The highest BCUT2D eigenvalue weighted by Crippen LogP contribution is 2.29. The van der Waals surface area contributed by atoms with Gasteiger partial charge < -0.3 is 4.74 Å². The second kappa shape index (κ2) is 7.76. The van der Waals surface area contributed by atoms with E-state index in [9.17, 15) is 10.1 Å². The molecule has 3 rings (SSSR count). The summed E-state index contributed by atoms with van der Waals surface area (Å²) in [6.07, 6.45) is 1.63. The molecular weight excluding hydrogens is 300 g/mol. The summed E-state index contributed by atoms with van der Waals surface area (Å²) in [4.78, 5) is 14.5. The molecule has 1 saturated heterocycles. The number of rotatable bonds is 5. The van der Waals surface area contributed by atoms with Crippen molar-refractivity contribution < 1.29 is 9.53 Å². The lowest BCUT2D eigenvalue weighted by atomic mass is 10.1. The second-order valence-electron chi connectivity index (χ2n) is 5.93. The fraction of sp³-hybridized carbons (Fsp3) is 0.300. The Hall–Kier alpha value is -2.64. The predicted molar refractivity (Wildman–Crippen MR) is 90.8 cm³/mol. The Morgan fingerprint density at radius 3 is 2.50 bits per heavy atom. The Morgan fingerprint density at radius 2 is 1.83 bits per heavy atom. The van der Waals surface area contributed by atoms with Gasteiger partial charge in [-0.3, -0.25) is 9.69 Å². The Morgan fingerprint density at radius 1 is 1.17 bits per heavy atom. The van der Waals surface area contributed by atoms with Crippen molar-refractivity contribution in [2.24, 2.45) is 0 Å². The first-order valence-electron chi connectivity index (χ1n) is 8.20. The SMILES string of the molecule is N#C[C@@H](c1ccccc1)N1CCC[C@H]1C(=O)OCc1ccccc1. The topological polar surface area (TPSA) is 53.3 Å². The number of hydrogen-bond acceptors (Lipinski definition) is 4. The number of nitriles is 1. The van der Waals surface area contributed by atoms with Crippen LogP contribution in [0.25, 0.3) is 0 Å². The molecule has 2 aromatic carbocycles. The molecule has 0 N–H and O–H groups in total. The van der Waals surface area contributed by atoms with E-state index in [1.165, 1.54) is 0 Å². The van der Waals surface area contributed by atoms with Gasteiger partial charge in [-0.1, -0.05) is 60.7 Å². The van der Waals surface area contributed by atoms with Gasteiger partial charge in [-0.25, -0.2) is 0 Å². The Bertz CT molecular complexity index is 709. The maximum Gasteiger partial charge on any atom is 0.323 e. The van der Waals surface area contributed by atoms with Crippen LogP contribution in [-0.2, 0) is 16.1 Å².